The summed E-state index contributed by atoms with van der Waals surface area (Å²) in [5.41, 5.74) is 1.34. The molecule has 0 radical (unpaired) electrons. The van der Waals surface area contributed by atoms with Gasteiger partial charge < -0.3 is 9.73 Å². The number of furan rings is 1. The van der Waals surface area contributed by atoms with Crippen molar-refractivity contribution in [3.8, 4) is 0 Å². The molecule has 3 heteroatoms. The zero-order valence-corrected chi connectivity index (χ0v) is 13.1. The van der Waals surface area contributed by atoms with E-state index in [4.69, 9.17) is 4.42 Å². The summed E-state index contributed by atoms with van der Waals surface area (Å²) in [6.07, 6.45) is 5.88. The smallest absolute Gasteiger partial charge is 0.122 e. The molecule has 1 saturated carbocycles. The predicted octanol–water partition coefficient (Wildman–Crippen LogP) is 3.40. The van der Waals surface area contributed by atoms with Crippen molar-refractivity contribution in [3.05, 3.63) is 23.7 Å². The third-order valence-corrected chi connectivity index (χ3v) is 5.06. The van der Waals surface area contributed by atoms with E-state index in [0.717, 1.165) is 36.7 Å². The molecule has 3 atom stereocenters. The van der Waals surface area contributed by atoms with Gasteiger partial charge in [-0.1, -0.05) is 13.8 Å². The van der Waals surface area contributed by atoms with E-state index in [0.29, 0.717) is 6.04 Å². The van der Waals surface area contributed by atoms with Gasteiger partial charge in [-0.05, 0) is 44.1 Å². The molecule has 2 aliphatic rings. The van der Waals surface area contributed by atoms with E-state index in [9.17, 15) is 0 Å². The second-order valence-corrected chi connectivity index (χ2v) is 7.01. The molecule has 1 aliphatic carbocycles. The first-order valence-corrected chi connectivity index (χ1v) is 8.16. The lowest BCUT2D eigenvalue weighted by Gasteiger charge is -2.40. The SMILES string of the molecule is CC1CC(C)C(C)N(Cc2occc2CNC2CC2)C1. The first kappa shape index (κ1) is 14.2. The second-order valence-electron chi connectivity index (χ2n) is 7.01. The van der Waals surface area contributed by atoms with Gasteiger partial charge >= 0.3 is 0 Å². The fraction of sp³-hybridized carbons (Fsp3) is 0.765. The Labute approximate surface area is 122 Å². The molecule has 1 N–H and O–H groups in total. The average Bonchev–Trinajstić information content (AvgIpc) is 3.13. The number of hydrogen-bond acceptors (Lipinski definition) is 3. The van der Waals surface area contributed by atoms with E-state index in [1.807, 2.05) is 6.26 Å². The lowest BCUT2D eigenvalue weighted by molar-refractivity contribution is 0.0665. The van der Waals surface area contributed by atoms with Crippen LogP contribution in [0.1, 0.15) is 51.4 Å². The Bertz CT molecular complexity index is 438. The van der Waals surface area contributed by atoms with Gasteiger partial charge in [0.05, 0.1) is 12.8 Å². The number of nitrogens with one attached hydrogen (secondary N) is 1. The summed E-state index contributed by atoms with van der Waals surface area (Å²) >= 11 is 0. The van der Waals surface area contributed by atoms with Crippen LogP contribution >= 0.6 is 0 Å². The third kappa shape index (κ3) is 3.26. The molecule has 1 aromatic heterocycles. The van der Waals surface area contributed by atoms with Crippen molar-refractivity contribution in [1.82, 2.24) is 10.2 Å². The molecule has 112 valence electrons. The molecule has 1 aliphatic heterocycles. The topological polar surface area (TPSA) is 28.4 Å². The fourth-order valence-corrected chi connectivity index (χ4v) is 3.43. The van der Waals surface area contributed by atoms with Crippen LogP contribution in [0.15, 0.2) is 16.7 Å². The Hall–Kier alpha value is -0.800. The monoisotopic (exact) mass is 276 g/mol. The molecule has 20 heavy (non-hydrogen) atoms. The molecule has 0 bridgehead atoms. The standard InChI is InChI=1S/C17H28N2O/c1-12-8-13(2)14(3)19(10-12)11-17-15(6-7-20-17)9-18-16-4-5-16/h6-7,12-14,16,18H,4-5,8-11H2,1-3H3. The molecule has 2 heterocycles. The van der Waals surface area contributed by atoms with Crippen LogP contribution in [-0.2, 0) is 13.1 Å². The first-order valence-electron chi connectivity index (χ1n) is 8.16. The zero-order valence-electron chi connectivity index (χ0n) is 13.1. The van der Waals surface area contributed by atoms with Gasteiger partial charge in [-0.25, -0.2) is 0 Å². The highest BCUT2D eigenvalue weighted by Crippen LogP contribution is 2.29. The van der Waals surface area contributed by atoms with Crippen molar-refractivity contribution < 1.29 is 4.42 Å². The molecule has 3 nitrogen and oxygen atoms in total. The summed E-state index contributed by atoms with van der Waals surface area (Å²) in [5, 5.41) is 3.59. The van der Waals surface area contributed by atoms with Crippen LogP contribution in [0.5, 0.6) is 0 Å². The highest BCUT2D eigenvalue weighted by Gasteiger charge is 2.29. The minimum absolute atomic E-state index is 0.653. The summed E-state index contributed by atoms with van der Waals surface area (Å²) in [7, 11) is 0. The average molecular weight is 276 g/mol. The van der Waals surface area contributed by atoms with Crippen molar-refractivity contribution in [1.29, 1.82) is 0 Å². The number of hydrogen-bond donors (Lipinski definition) is 1. The van der Waals surface area contributed by atoms with Crippen LogP contribution in [-0.4, -0.2) is 23.5 Å². The zero-order chi connectivity index (χ0) is 14.1. The summed E-state index contributed by atoms with van der Waals surface area (Å²) in [4.78, 5) is 2.60. The molecular formula is C17H28N2O. The van der Waals surface area contributed by atoms with Crippen LogP contribution in [0.4, 0.5) is 0 Å². The molecule has 0 aromatic carbocycles. The highest BCUT2D eigenvalue weighted by molar-refractivity contribution is 5.17. The third-order valence-electron chi connectivity index (χ3n) is 5.06. The number of rotatable bonds is 5. The van der Waals surface area contributed by atoms with E-state index >= 15 is 0 Å². The van der Waals surface area contributed by atoms with Gasteiger partial charge in [0.1, 0.15) is 5.76 Å². The van der Waals surface area contributed by atoms with Gasteiger partial charge in [-0.2, -0.15) is 0 Å². The van der Waals surface area contributed by atoms with Crippen LogP contribution < -0.4 is 5.32 Å². The maximum absolute atomic E-state index is 5.76. The van der Waals surface area contributed by atoms with Crippen molar-refractivity contribution in [2.75, 3.05) is 6.54 Å². The quantitative estimate of drug-likeness (QED) is 0.893. The van der Waals surface area contributed by atoms with E-state index in [1.165, 1.54) is 31.4 Å². The Balaban J connectivity index is 1.62. The number of nitrogens with zero attached hydrogens (tertiary/aromatic N) is 1. The molecule has 3 unspecified atom stereocenters. The maximum atomic E-state index is 5.76. The highest BCUT2D eigenvalue weighted by atomic mass is 16.3. The van der Waals surface area contributed by atoms with Gasteiger partial charge in [0.2, 0.25) is 0 Å². The minimum Gasteiger partial charge on any atom is -0.468 e. The maximum Gasteiger partial charge on any atom is 0.122 e. The summed E-state index contributed by atoms with van der Waals surface area (Å²) in [6, 6.07) is 3.54. The van der Waals surface area contributed by atoms with Gasteiger partial charge in [-0.3, -0.25) is 4.90 Å². The van der Waals surface area contributed by atoms with Gasteiger partial charge in [-0.15, -0.1) is 0 Å². The molecule has 0 spiro atoms. The Morgan fingerprint density at radius 1 is 1.30 bits per heavy atom. The van der Waals surface area contributed by atoms with Crippen LogP contribution in [0.3, 0.4) is 0 Å². The molecule has 3 rings (SSSR count). The molecule has 1 saturated heterocycles. The molecular weight excluding hydrogens is 248 g/mol. The second kappa shape index (κ2) is 5.90. The van der Waals surface area contributed by atoms with E-state index in [2.05, 4.69) is 37.1 Å². The molecule has 0 amide bonds. The largest absolute Gasteiger partial charge is 0.468 e. The summed E-state index contributed by atoms with van der Waals surface area (Å²) < 4.78 is 5.76. The normalized spacial score (nSPS) is 31.6. The summed E-state index contributed by atoms with van der Waals surface area (Å²) in [5.74, 6) is 2.73. The lowest BCUT2D eigenvalue weighted by Crippen LogP contribution is -2.45. The van der Waals surface area contributed by atoms with Crippen molar-refractivity contribution in [3.63, 3.8) is 0 Å². The van der Waals surface area contributed by atoms with Crippen molar-refractivity contribution >= 4 is 0 Å². The van der Waals surface area contributed by atoms with E-state index < -0.39 is 0 Å². The van der Waals surface area contributed by atoms with E-state index in [-0.39, 0.29) is 0 Å². The summed E-state index contributed by atoms with van der Waals surface area (Å²) in [6.45, 7) is 10.2. The lowest BCUT2D eigenvalue weighted by atomic mass is 9.86. The minimum atomic E-state index is 0.653. The predicted molar refractivity (Wildman–Crippen MR) is 81.4 cm³/mol. The van der Waals surface area contributed by atoms with Gasteiger partial charge in [0.25, 0.3) is 0 Å². The first-order chi connectivity index (χ1) is 9.63. The van der Waals surface area contributed by atoms with Crippen molar-refractivity contribution in [2.24, 2.45) is 11.8 Å². The van der Waals surface area contributed by atoms with Crippen LogP contribution in [0.2, 0.25) is 0 Å². The van der Waals surface area contributed by atoms with Crippen LogP contribution in [0.25, 0.3) is 0 Å². The Kier molecular flexibility index (Phi) is 4.18. The molecule has 2 fully saturated rings. The molecule has 1 aromatic rings. The van der Waals surface area contributed by atoms with E-state index in [1.54, 1.807) is 0 Å². The van der Waals surface area contributed by atoms with Crippen LogP contribution in [0, 0.1) is 11.8 Å². The van der Waals surface area contributed by atoms with Gasteiger partial charge in [0, 0.05) is 30.7 Å². The Morgan fingerprint density at radius 2 is 2.10 bits per heavy atom. The number of likely N-dealkylation sites (tertiary alicyclic amines) is 1. The van der Waals surface area contributed by atoms with Gasteiger partial charge in [0.15, 0.2) is 0 Å². The fourth-order valence-electron chi connectivity index (χ4n) is 3.43. The Morgan fingerprint density at radius 3 is 2.85 bits per heavy atom. The van der Waals surface area contributed by atoms with Crippen molar-refractivity contribution in [2.45, 2.75) is 65.2 Å². The number of piperidine rings is 1.